The number of carbonyl (C=O) groups is 1. The minimum absolute atomic E-state index is 0.100. The minimum Gasteiger partial charge on any atom is -0.497 e. The molecule has 0 radical (unpaired) electrons. The van der Waals surface area contributed by atoms with Gasteiger partial charge >= 0.3 is 0 Å². The highest BCUT2D eigenvalue weighted by atomic mass is 32.2. The molecule has 5 heteroatoms. The van der Waals surface area contributed by atoms with Crippen molar-refractivity contribution in [3.05, 3.63) is 126 Å². The van der Waals surface area contributed by atoms with Crippen LogP contribution in [0, 0.1) is 6.92 Å². The highest BCUT2D eigenvalue weighted by Gasteiger charge is 2.13. The van der Waals surface area contributed by atoms with Crippen molar-refractivity contribution in [2.75, 3.05) is 7.11 Å². The van der Waals surface area contributed by atoms with Crippen LogP contribution >= 0.6 is 11.8 Å². The van der Waals surface area contributed by atoms with Gasteiger partial charge in [0.1, 0.15) is 5.75 Å². The first-order valence-electron chi connectivity index (χ1n) is 10.9. The van der Waals surface area contributed by atoms with Gasteiger partial charge in [-0.05, 0) is 77.2 Å². The van der Waals surface area contributed by atoms with Gasteiger partial charge in [0.25, 0.3) is 5.91 Å². The van der Waals surface area contributed by atoms with Crippen LogP contribution in [0.25, 0.3) is 5.57 Å². The molecular weight excluding hydrogens is 440 g/mol. The van der Waals surface area contributed by atoms with E-state index in [1.54, 1.807) is 31.3 Å². The lowest BCUT2D eigenvalue weighted by Gasteiger charge is -2.14. The van der Waals surface area contributed by atoms with Crippen LogP contribution in [0.3, 0.4) is 0 Å². The number of aryl methyl sites for hydroxylation is 1. The number of ether oxygens (including phenoxy) is 1. The van der Waals surface area contributed by atoms with Crippen LogP contribution in [-0.4, -0.2) is 18.0 Å². The normalized spacial score (nSPS) is 10.5. The van der Waals surface area contributed by atoms with E-state index in [0.29, 0.717) is 12.1 Å². The predicted molar refractivity (Wildman–Crippen MR) is 138 cm³/mol. The summed E-state index contributed by atoms with van der Waals surface area (Å²) in [5.74, 6) is 0.719. The third-order valence-corrected chi connectivity index (χ3v) is 6.74. The molecule has 0 bridgehead atoms. The summed E-state index contributed by atoms with van der Waals surface area (Å²) in [5.41, 5.74) is 5.73. The van der Waals surface area contributed by atoms with Crippen LogP contribution in [0.1, 0.15) is 32.6 Å². The van der Waals surface area contributed by atoms with Crippen molar-refractivity contribution in [3.63, 3.8) is 0 Å². The molecule has 4 nitrogen and oxygen atoms in total. The zero-order valence-corrected chi connectivity index (χ0v) is 20.1. The Hall–Kier alpha value is -3.83. The summed E-state index contributed by atoms with van der Waals surface area (Å²) in [6.07, 6.45) is 3.47. The summed E-state index contributed by atoms with van der Waals surface area (Å²) >= 11 is 1.68. The Kier molecular flexibility index (Phi) is 7.45. The van der Waals surface area contributed by atoms with Gasteiger partial charge < -0.3 is 10.1 Å². The van der Waals surface area contributed by atoms with Crippen LogP contribution in [0.15, 0.2) is 108 Å². The molecule has 4 aromatic rings. The first-order chi connectivity index (χ1) is 16.5. The summed E-state index contributed by atoms with van der Waals surface area (Å²) in [7, 11) is 1.66. The average molecular weight is 467 g/mol. The van der Waals surface area contributed by atoms with Gasteiger partial charge in [-0.25, -0.2) is 0 Å². The van der Waals surface area contributed by atoms with Crippen molar-refractivity contribution < 1.29 is 9.53 Å². The first-order valence-corrected chi connectivity index (χ1v) is 11.7. The highest BCUT2D eigenvalue weighted by Crippen LogP contribution is 2.37. The molecule has 0 unspecified atom stereocenters. The number of nitrogens with zero attached hydrogens (tertiary/aromatic N) is 1. The van der Waals surface area contributed by atoms with Gasteiger partial charge in [0.2, 0.25) is 0 Å². The molecule has 3 aromatic carbocycles. The number of aromatic nitrogens is 1. The zero-order chi connectivity index (χ0) is 23.9. The maximum Gasteiger partial charge on any atom is 0.251 e. The lowest BCUT2D eigenvalue weighted by atomic mass is 9.99. The second-order valence-corrected chi connectivity index (χ2v) is 8.91. The standard InChI is InChI=1S/C29H26N2O2S/c1-20-17-24(29(32)31-19-22-7-6-16-30-18-22)12-15-27(20)34-28-9-5-4-8-26(28)21(2)23-10-13-25(33-3)14-11-23/h4-18H,2,19H2,1,3H3,(H,31,32). The van der Waals surface area contributed by atoms with Crippen LogP contribution in [0.2, 0.25) is 0 Å². The van der Waals surface area contributed by atoms with Crippen molar-refractivity contribution in [1.82, 2.24) is 10.3 Å². The van der Waals surface area contributed by atoms with E-state index in [-0.39, 0.29) is 5.91 Å². The van der Waals surface area contributed by atoms with E-state index in [1.807, 2.05) is 73.7 Å². The van der Waals surface area contributed by atoms with Gasteiger partial charge in [-0.3, -0.25) is 9.78 Å². The molecule has 1 amide bonds. The Morgan fingerprint density at radius 2 is 1.74 bits per heavy atom. The lowest BCUT2D eigenvalue weighted by molar-refractivity contribution is 0.0950. The molecule has 0 atom stereocenters. The monoisotopic (exact) mass is 466 g/mol. The van der Waals surface area contributed by atoms with Crippen LogP contribution in [0.5, 0.6) is 5.75 Å². The molecule has 0 aliphatic rings. The number of benzene rings is 3. The molecule has 0 spiro atoms. The number of methoxy groups -OCH3 is 1. The molecule has 0 aliphatic heterocycles. The topological polar surface area (TPSA) is 51.2 Å². The smallest absolute Gasteiger partial charge is 0.251 e. The van der Waals surface area contributed by atoms with Gasteiger partial charge in [-0.2, -0.15) is 0 Å². The number of pyridine rings is 1. The van der Waals surface area contributed by atoms with Gasteiger partial charge in [-0.1, -0.05) is 54.7 Å². The molecule has 34 heavy (non-hydrogen) atoms. The van der Waals surface area contributed by atoms with E-state index in [4.69, 9.17) is 4.74 Å². The summed E-state index contributed by atoms with van der Waals surface area (Å²) in [6.45, 7) is 6.82. The predicted octanol–water partition coefficient (Wildman–Crippen LogP) is 6.54. The minimum atomic E-state index is -0.100. The van der Waals surface area contributed by atoms with Gasteiger partial charge in [0, 0.05) is 34.3 Å². The number of nitrogens with one attached hydrogen (secondary N) is 1. The van der Waals surface area contributed by atoms with Crippen molar-refractivity contribution in [2.45, 2.75) is 23.3 Å². The molecule has 0 saturated heterocycles. The molecule has 170 valence electrons. The molecule has 0 aliphatic carbocycles. The summed E-state index contributed by atoms with van der Waals surface area (Å²) < 4.78 is 5.27. The fourth-order valence-electron chi connectivity index (χ4n) is 3.56. The Morgan fingerprint density at radius 1 is 0.971 bits per heavy atom. The number of carbonyl (C=O) groups excluding carboxylic acids is 1. The quantitative estimate of drug-likeness (QED) is 0.320. The van der Waals surface area contributed by atoms with Crippen LogP contribution in [0.4, 0.5) is 0 Å². The summed E-state index contributed by atoms with van der Waals surface area (Å²) in [5, 5.41) is 2.96. The van der Waals surface area contributed by atoms with Crippen molar-refractivity contribution in [2.24, 2.45) is 0 Å². The zero-order valence-electron chi connectivity index (χ0n) is 19.2. The van der Waals surface area contributed by atoms with Gasteiger partial charge in [-0.15, -0.1) is 0 Å². The Bertz CT molecular complexity index is 1300. The molecule has 1 aromatic heterocycles. The largest absolute Gasteiger partial charge is 0.497 e. The Morgan fingerprint density at radius 3 is 2.44 bits per heavy atom. The van der Waals surface area contributed by atoms with E-state index in [0.717, 1.165) is 43.4 Å². The van der Waals surface area contributed by atoms with Crippen LogP contribution in [-0.2, 0) is 6.54 Å². The van der Waals surface area contributed by atoms with E-state index in [9.17, 15) is 4.79 Å². The molecule has 1 heterocycles. The SMILES string of the molecule is C=C(c1ccc(OC)cc1)c1ccccc1Sc1ccc(C(=O)NCc2cccnc2)cc1C. The molecule has 0 saturated carbocycles. The maximum atomic E-state index is 12.6. The lowest BCUT2D eigenvalue weighted by Crippen LogP contribution is -2.22. The van der Waals surface area contributed by atoms with Crippen LogP contribution < -0.4 is 10.1 Å². The van der Waals surface area contributed by atoms with E-state index < -0.39 is 0 Å². The highest BCUT2D eigenvalue weighted by molar-refractivity contribution is 7.99. The second-order valence-electron chi connectivity index (χ2n) is 7.83. The second kappa shape index (κ2) is 10.9. The Balaban J connectivity index is 1.49. The number of hydrogen-bond donors (Lipinski definition) is 1. The van der Waals surface area contributed by atoms with Gasteiger partial charge in [0.15, 0.2) is 0 Å². The molecule has 0 fully saturated rings. The van der Waals surface area contributed by atoms with Crippen molar-refractivity contribution in [1.29, 1.82) is 0 Å². The molecule has 4 rings (SSSR count). The molecular formula is C29H26N2O2S. The molecule has 1 N–H and O–H groups in total. The summed E-state index contributed by atoms with van der Waals surface area (Å²) in [4.78, 5) is 18.9. The van der Waals surface area contributed by atoms with E-state index in [2.05, 4.69) is 29.0 Å². The average Bonchev–Trinajstić information content (AvgIpc) is 2.89. The van der Waals surface area contributed by atoms with Crippen molar-refractivity contribution >= 4 is 23.2 Å². The fourth-order valence-corrected chi connectivity index (χ4v) is 4.60. The third-order valence-electron chi connectivity index (χ3n) is 5.48. The van der Waals surface area contributed by atoms with Gasteiger partial charge in [0.05, 0.1) is 7.11 Å². The summed E-state index contributed by atoms with van der Waals surface area (Å²) in [6, 6.07) is 25.8. The van der Waals surface area contributed by atoms with E-state index >= 15 is 0 Å². The number of hydrogen-bond acceptors (Lipinski definition) is 4. The van der Waals surface area contributed by atoms with Crippen molar-refractivity contribution in [3.8, 4) is 5.75 Å². The maximum absolute atomic E-state index is 12.6. The third kappa shape index (κ3) is 5.56. The Labute approximate surface area is 204 Å². The van der Waals surface area contributed by atoms with E-state index in [1.165, 1.54) is 0 Å². The number of amides is 1. The first kappa shape index (κ1) is 23.3. The number of rotatable bonds is 8. The fraction of sp³-hybridized carbons (Fsp3) is 0.103.